The van der Waals surface area contributed by atoms with Crippen LogP contribution in [-0.4, -0.2) is 20.5 Å². The van der Waals surface area contributed by atoms with Crippen LogP contribution in [0.3, 0.4) is 0 Å². The summed E-state index contributed by atoms with van der Waals surface area (Å²) >= 11 is 0. The van der Waals surface area contributed by atoms with Crippen molar-refractivity contribution in [2.45, 2.75) is 6.92 Å². The number of nitrogens with zero attached hydrogens (tertiary/aromatic N) is 3. The van der Waals surface area contributed by atoms with E-state index in [1.54, 1.807) is 13.0 Å². The molecule has 2 aromatic heterocycles. The Morgan fingerprint density at radius 2 is 2.09 bits per heavy atom. The molecule has 3 rings (SSSR count). The van der Waals surface area contributed by atoms with E-state index in [4.69, 9.17) is 5.11 Å². The zero-order valence-corrected chi connectivity index (χ0v) is 11.4. The van der Waals surface area contributed by atoms with Crippen molar-refractivity contribution >= 4 is 17.4 Å². The second-order valence-corrected chi connectivity index (χ2v) is 4.79. The van der Waals surface area contributed by atoms with Crippen LogP contribution in [0.1, 0.15) is 15.9 Å². The second kappa shape index (κ2) is 5.03. The molecule has 0 unspecified atom stereocenters. The smallest absolute Gasteiger partial charge is 0.335 e. The number of halogens is 1. The molecule has 0 bridgehead atoms. The molecule has 110 valence electrons. The van der Waals surface area contributed by atoms with Crippen molar-refractivity contribution in [1.82, 2.24) is 9.38 Å². The van der Waals surface area contributed by atoms with Gasteiger partial charge in [0.2, 0.25) is 5.82 Å². The van der Waals surface area contributed by atoms with Crippen molar-refractivity contribution in [2.24, 2.45) is 5.18 Å². The van der Waals surface area contributed by atoms with Crippen molar-refractivity contribution in [1.29, 1.82) is 0 Å². The zero-order valence-electron chi connectivity index (χ0n) is 11.4. The Balaban J connectivity index is 2.26. The Morgan fingerprint density at radius 3 is 2.73 bits per heavy atom. The van der Waals surface area contributed by atoms with E-state index in [9.17, 15) is 14.1 Å². The van der Waals surface area contributed by atoms with Gasteiger partial charge in [0.25, 0.3) is 0 Å². The van der Waals surface area contributed by atoms with Crippen LogP contribution in [0.15, 0.2) is 41.7 Å². The summed E-state index contributed by atoms with van der Waals surface area (Å²) in [6, 6.07) is 7.04. The second-order valence-electron chi connectivity index (χ2n) is 4.79. The van der Waals surface area contributed by atoms with Crippen LogP contribution >= 0.6 is 0 Å². The van der Waals surface area contributed by atoms with Crippen molar-refractivity contribution in [3.63, 3.8) is 0 Å². The van der Waals surface area contributed by atoms with E-state index in [0.29, 0.717) is 11.1 Å². The van der Waals surface area contributed by atoms with E-state index in [2.05, 4.69) is 10.2 Å². The number of fused-ring (bicyclic) bond motifs is 1. The topological polar surface area (TPSA) is 84.0 Å². The molecule has 2 heterocycles. The van der Waals surface area contributed by atoms with Crippen LogP contribution < -0.4 is 0 Å². The van der Waals surface area contributed by atoms with E-state index in [-0.39, 0.29) is 28.5 Å². The van der Waals surface area contributed by atoms with Gasteiger partial charge >= 0.3 is 5.97 Å². The third-order valence-electron chi connectivity index (χ3n) is 3.37. The summed E-state index contributed by atoms with van der Waals surface area (Å²) < 4.78 is 14.8. The van der Waals surface area contributed by atoms with Crippen LogP contribution in [-0.2, 0) is 0 Å². The Bertz CT molecular complexity index is 918. The molecule has 1 aromatic carbocycles. The van der Waals surface area contributed by atoms with Gasteiger partial charge < -0.3 is 5.11 Å². The largest absolute Gasteiger partial charge is 0.478 e. The highest BCUT2D eigenvalue weighted by Gasteiger charge is 2.17. The number of pyridine rings is 1. The van der Waals surface area contributed by atoms with E-state index < -0.39 is 5.97 Å². The molecule has 1 N–H and O–H groups in total. The molecule has 6 nitrogen and oxygen atoms in total. The van der Waals surface area contributed by atoms with Crippen LogP contribution in [0.2, 0.25) is 0 Å². The number of hydrogen-bond acceptors (Lipinski definition) is 4. The average Bonchev–Trinajstić information content (AvgIpc) is 2.87. The van der Waals surface area contributed by atoms with Gasteiger partial charge in [-0.15, -0.1) is 4.91 Å². The highest BCUT2D eigenvalue weighted by Crippen LogP contribution is 2.32. The van der Waals surface area contributed by atoms with Gasteiger partial charge in [-0.3, -0.25) is 4.40 Å². The minimum atomic E-state index is -1.09. The van der Waals surface area contributed by atoms with Gasteiger partial charge in [0.1, 0.15) is 17.2 Å². The molecule has 7 heteroatoms. The highest BCUT2D eigenvalue weighted by molar-refractivity contribution is 5.89. The normalized spacial score (nSPS) is 10.8. The lowest BCUT2D eigenvalue weighted by atomic mass is 10.1. The third-order valence-corrected chi connectivity index (χ3v) is 3.37. The highest BCUT2D eigenvalue weighted by atomic mass is 19.1. The molecule has 0 aliphatic rings. The lowest BCUT2D eigenvalue weighted by Crippen LogP contribution is -1.97. The number of carbonyl (C=O) groups is 1. The number of imidazole rings is 1. The lowest BCUT2D eigenvalue weighted by molar-refractivity contribution is 0.0697. The predicted octanol–water partition coefficient (Wildman–Crippen LogP) is 3.54. The van der Waals surface area contributed by atoms with Crippen LogP contribution in [0.4, 0.5) is 10.2 Å². The summed E-state index contributed by atoms with van der Waals surface area (Å²) in [5.41, 5.74) is 1.57. The Morgan fingerprint density at radius 1 is 1.32 bits per heavy atom. The SMILES string of the molecule is Cc1cc(-c2nc3cc(C(=O)O)ccn3c2N=O)ccc1F. The van der Waals surface area contributed by atoms with Crippen molar-refractivity contribution < 1.29 is 14.3 Å². The number of benzene rings is 1. The first-order valence-electron chi connectivity index (χ1n) is 6.36. The van der Waals surface area contributed by atoms with Crippen LogP contribution in [0.5, 0.6) is 0 Å². The van der Waals surface area contributed by atoms with Crippen molar-refractivity contribution in [2.75, 3.05) is 0 Å². The molecular weight excluding hydrogens is 289 g/mol. The molecule has 0 aliphatic heterocycles. The molecule has 3 aromatic rings. The molecule has 0 fully saturated rings. The van der Waals surface area contributed by atoms with Crippen LogP contribution in [0, 0.1) is 17.6 Å². The van der Waals surface area contributed by atoms with Gasteiger partial charge in [0.05, 0.1) is 5.56 Å². The fourth-order valence-electron chi connectivity index (χ4n) is 2.24. The minimum Gasteiger partial charge on any atom is -0.478 e. The standard InChI is InChI=1S/C15H10FN3O3/c1-8-6-9(2-3-11(8)16)13-14(18-22)19-5-4-10(15(20)21)7-12(19)17-13/h2-7H,1H3,(H,20,21). The van der Waals surface area contributed by atoms with Crippen molar-refractivity contribution in [3.8, 4) is 11.3 Å². The van der Waals surface area contributed by atoms with E-state index in [0.717, 1.165) is 0 Å². The van der Waals surface area contributed by atoms with Gasteiger partial charge in [-0.1, -0.05) is 0 Å². The predicted molar refractivity (Wildman–Crippen MR) is 77.7 cm³/mol. The molecule has 0 spiro atoms. The summed E-state index contributed by atoms with van der Waals surface area (Å²) in [5.74, 6) is -1.41. The number of nitroso groups, excluding NO2 is 1. The quantitative estimate of drug-likeness (QED) is 0.750. The maximum atomic E-state index is 13.4. The first kappa shape index (κ1) is 13.9. The Kier molecular flexibility index (Phi) is 3.17. The first-order chi connectivity index (χ1) is 10.5. The molecule has 0 atom stereocenters. The van der Waals surface area contributed by atoms with Crippen LogP contribution in [0.25, 0.3) is 16.9 Å². The summed E-state index contributed by atoms with van der Waals surface area (Å²) in [4.78, 5) is 26.4. The van der Waals surface area contributed by atoms with E-state index >= 15 is 0 Å². The van der Waals surface area contributed by atoms with Gasteiger partial charge in [-0.05, 0) is 48.0 Å². The number of aromatic carboxylic acids is 1. The first-order valence-corrected chi connectivity index (χ1v) is 6.36. The summed E-state index contributed by atoms with van der Waals surface area (Å²) in [6.45, 7) is 1.60. The number of carboxylic acid groups (broad SMARTS) is 1. The zero-order chi connectivity index (χ0) is 15.9. The molecule has 0 aliphatic carbocycles. The molecule has 0 amide bonds. The fourth-order valence-corrected chi connectivity index (χ4v) is 2.24. The molecule has 22 heavy (non-hydrogen) atoms. The lowest BCUT2D eigenvalue weighted by Gasteiger charge is -2.01. The number of rotatable bonds is 3. The molecule has 0 saturated carbocycles. The molecule has 0 radical (unpaired) electrons. The van der Waals surface area contributed by atoms with Gasteiger partial charge in [-0.25, -0.2) is 14.2 Å². The van der Waals surface area contributed by atoms with Crippen molar-refractivity contribution in [3.05, 3.63) is 58.4 Å². The van der Waals surface area contributed by atoms with E-state index in [1.165, 1.54) is 34.9 Å². The van der Waals surface area contributed by atoms with E-state index in [1.807, 2.05) is 0 Å². The molecular formula is C15H10FN3O3. The number of aromatic nitrogens is 2. The fraction of sp³-hybridized carbons (Fsp3) is 0.0667. The number of aryl methyl sites for hydroxylation is 1. The monoisotopic (exact) mass is 299 g/mol. The van der Waals surface area contributed by atoms with Gasteiger partial charge in [0, 0.05) is 11.8 Å². The summed E-state index contributed by atoms with van der Waals surface area (Å²) in [6.07, 6.45) is 1.42. The summed E-state index contributed by atoms with van der Waals surface area (Å²) in [7, 11) is 0. The Hall–Kier alpha value is -3.09. The average molecular weight is 299 g/mol. The van der Waals surface area contributed by atoms with Gasteiger partial charge in [-0.2, -0.15) is 0 Å². The summed E-state index contributed by atoms with van der Waals surface area (Å²) in [5, 5.41) is 12.0. The minimum absolute atomic E-state index is 0.0398. The maximum Gasteiger partial charge on any atom is 0.335 e. The number of carboxylic acids is 1. The number of hydrogen-bond donors (Lipinski definition) is 1. The maximum absolute atomic E-state index is 13.4. The Labute approximate surface area is 123 Å². The third kappa shape index (κ3) is 2.12. The van der Waals surface area contributed by atoms with Gasteiger partial charge in [0.15, 0.2) is 0 Å². The molecule has 0 saturated heterocycles.